The summed E-state index contributed by atoms with van der Waals surface area (Å²) in [5.74, 6) is -13.1. The minimum atomic E-state index is -2.29. The zero-order valence-corrected chi connectivity index (χ0v) is 74.2. The summed E-state index contributed by atoms with van der Waals surface area (Å²) in [4.78, 5) is 90.0. The number of anilines is 4. The Morgan fingerprint density at radius 3 is 0.874 bits per heavy atom. The number of carbonyl (C=O) groups excluding carboxylic acids is 4. The number of fused-ring (bicyclic) bond motifs is 12. The summed E-state index contributed by atoms with van der Waals surface area (Å²) in [6.45, 7) is -0.0861. The van der Waals surface area contributed by atoms with Crippen LogP contribution in [-0.4, -0.2) is 83.9 Å². The molecule has 0 spiro atoms. The molecule has 20 rings (SSSR count). The van der Waals surface area contributed by atoms with Crippen LogP contribution >= 0.6 is 22.6 Å². The maximum absolute atomic E-state index is 14.1. The maximum Gasteiger partial charge on any atom is 0.256 e. The van der Waals surface area contributed by atoms with E-state index < -0.39 is 64.5 Å². The number of amides is 4. The highest BCUT2D eigenvalue weighted by Crippen LogP contribution is 2.43. The molecule has 0 unspecified atom stereocenters. The summed E-state index contributed by atoms with van der Waals surface area (Å²) in [5, 5.41) is 49.2. The molecule has 4 heterocycles. The van der Waals surface area contributed by atoms with Crippen molar-refractivity contribution in [2.75, 3.05) is 21.3 Å². The van der Waals surface area contributed by atoms with Gasteiger partial charge in [0.1, 0.15) is 22.8 Å². The first kappa shape index (κ1) is 91.8. The number of carbonyl (C=O) groups is 4. The number of aliphatic hydroxyl groups is 4. The zero-order valence-electron chi connectivity index (χ0n) is 72.0. The van der Waals surface area contributed by atoms with Crippen LogP contribution in [0.15, 0.2) is 267 Å². The third kappa shape index (κ3) is 20.7. The van der Waals surface area contributed by atoms with Crippen LogP contribution in [0.25, 0.3) is 90.1 Å². The summed E-state index contributed by atoms with van der Waals surface area (Å²) in [6, 6.07) is 81.4. The van der Waals surface area contributed by atoms with E-state index in [9.17, 15) is 70.3 Å². The number of aliphatic hydroxyl groups excluding tert-OH is 4. The van der Waals surface area contributed by atoms with Crippen molar-refractivity contribution in [2.24, 2.45) is 0 Å². The Hall–Kier alpha value is -15.1. The number of hydrogen-bond donors (Lipinski definition) is 8. The fraction of sp³-hybridized carbons (Fsp3) is 0.140. The maximum atomic E-state index is 14.1. The molecule has 674 valence electrons. The van der Waals surface area contributed by atoms with E-state index in [2.05, 4.69) is 48.8 Å². The highest BCUT2D eigenvalue weighted by molar-refractivity contribution is 14.1. The highest BCUT2D eigenvalue weighted by Gasteiger charge is 2.32. The minimum Gasteiger partial charge on any atom is -0.392 e. The molecular weight excluding hydrogens is 1840 g/mol. The topological polar surface area (TPSA) is 300 Å². The van der Waals surface area contributed by atoms with Gasteiger partial charge in [0.15, 0.2) is 58.2 Å². The molecule has 4 aliphatic carbocycles. The molecule has 4 aliphatic rings. The predicted molar refractivity (Wildman–Crippen MR) is 508 cm³/mol. The molecule has 12 aromatic carbocycles. The molecule has 0 radical (unpaired) electrons. The number of nitrogens with one attached hydrogen (secondary N) is 4. The van der Waals surface area contributed by atoms with Crippen molar-refractivity contribution in [3.63, 3.8) is 0 Å². The van der Waals surface area contributed by atoms with Crippen LogP contribution < -0.4 is 21.3 Å². The monoisotopic (exact) mass is 1920 g/mol. The van der Waals surface area contributed by atoms with Crippen LogP contribution in [0.5, 0.6) is 0 Å². The van der Waals surface area contributed by atoms with Gasteiger partial charge in [-0.3, -0.25) is 19.2 Å². The van der Waals surface area contributed by atoms with Crippen molar-refractivity contribution in [1.29, 1.82) is 0 Å². The first-order valence-corrected chi connectivity index (χ1v) is 44.4. The number of hydrogen-bond acceptors (Lipinski definition) is 16. The molecule has 0 atom stereocenters. The zero-order chi connectivity index (χ0) is 93.9. The fourth-order valence-electron chi connectivity index (χ4n) is 16.6. The second-order valence-electron chi connectivity index (χ2n) is 32.3. The van der Waals surface area contributed by atoms with E-state index in [-0.39, 0.29) is 62.6 Å². The smallest absolute Gasteiger partial charge is 0.256 e. The molecule has 20 nitrogen and oxygen atoms in total. The molecule has 4 aromatic heterocycles. The molecule has 4 amide bonds. The summed E-state index contributed by atoms with van der Waals surface area (Å²) in [6.07, 6.45) is 4.62. The molecule has 16 aromatic rings. The number of aryl methyl sites for hydroxylation is 8. The number of rotatable bonds is 19. The van der Waals surface area contributed by atoms with E-state index in [1.165, 1.54) is 6.07 Å². The average Bonchev–Trinajstić information content (AvgIpc) is 0.769. The van der Waals surface area contributed by atoms with Crippen LogP contribution in [-0.2, 0) is 111 Å². The van der Waals surface area contributed by atoms with E-state index in [0.29, 0.717) is 81.9 Å². The SMILES string of the molecule is O=C(Cc1c(F)c(F)c(F)c(F)c1F)Nc1nc2c(nc1-c1ccccc1)-c1ccc(CO)cc1CC2.O=C(Cc1ccc(F)c(F)c1)Nc1nc2c(nc1-c1ccccc1)-c1ccc(CO)cc1CC2.O=C(Cc1ccc(I)cc1)Nc1nc2c(nc1-c1ccccc1)-c1ccc(CO)cc1CC2.O=C(Nc1nc2c(nc1-c1ccccc1)-c1ccc(CO)cc1CC2)c1ccccc1. The molecule has 0 bridgehead atoms. The lowest BCUT2D eigenvalue weighted by Crippen LogP contribution is -2.21. The summed E-state index contributed by atoms with van der Waals surface area (Å²) in [5.41, 5.74) is 23.7. The fourth-order valence-corrected chi connectivity index (χ4v) is 17.0. The second-order valence-corrected chi connectivity index (χ2v) is 33.6. The Kier molecular flexibility index (Phi) is 28.1. The van der Waals surface area contributed by atoms with Gasteiger partial charge in [-0.2, -0.15) is 0 Å². The lowest BCUT2D eigenvalue weighted by Gasteiger charge is -2.21. The second kappa shape index (κ2) is 41.4. The van der Waals surface area contributed by atoms with Crippen LogP contribution in [0.4, 0.5) is 54.0 Å². The first-order chi connectivity index (χ1) is 65.6. The van der Waals surface area contributed by atoms with Gasteiger partial charge >= 0.3 is 0 Å². The molecule has 0 aliphatic heterocycles. The normalized spacial score (nSPS) is 12.1. The Balaban J connectivity index is 0.000000125. The molecule has 0 fully saturated rings. The minimum absolute atomic E-state index is 0.00532. The van der Waals surface area contributed by atoms with E-state index in [1.54, 1.807) is 48.5 Å². The van der Waals surface area contributed by atoms with Gasteiger partial charge in [0.25, 0.3) is 5.91 Å². The van der Waals surface area contributed by atoms with E-state index in [4.69, 9.17) is 34.9 Å². The number of benzene rings is 12. The van der Waals surface area contributed by atoms with Gasteiger partial charge in [0.05, 0.1) is 91.2 Å². The van der Waals surface area contributed by atoms with Crippen molar-refractivity contribution >= 4 is 69.5 Å². The highest BCUT2D eigenvalue weighted by atomic mass is 127. The molecular formula is C107H82F7IN12O8. The van der Waals surface area contributed by atoms with E-state index >= 15 is 0 Å². The third-order valence-electron chi connectivity index (χ3n) is 23.3. The molecule has 135 heavy (non-hydrogen) atoms. The Morgan fingerprint density at radius 2 is 0.556 bits per heavy atom. The van der Waals surface area contributed by atoms with Gasteiger partial charge in [0.2, 0.25) is 23.5 Å². The van der Waals surface area contributed by atoms with Crippen molar-refractivity contribution in [3.8, 4) is 90.1 Å². The first-order valence-electron chi connectivity index (χ1n) is 43.3. The lowest BCUT2D eigenvalue weighted by molar-refractivity contribution is -0.116. The van der Waals surface area contributed by atoms with Crippen molar-refractivity contribution < 1.29 is 70.3 Å². The van der Waals surface area contributed by atoms with Gasteiger partial charge in [-0.25, -0.2) is 70.6 Å². The largest absolute Gasteiger partial charge is 0.392 e. The van der Waals surface area contributed by atoms with Gasteiger partial charge in [0, 0.05) is 59.2 Å². The third-order valence-corrected chi connectivity index (χ3v) is 24.0. The standard InChI is InChI=1S/C27H18F5N3O2.C27H21F2N3O2.C27H22IN3O2.C26H21N3O2/c28-20-17(21(29)23(31)24(32)22(20)30)11-19(37)34-27-25(14-4-2-1-3-5-14)35-26-16-8-6-13(12-36)10-15(16)7-9-18(26)33-27;28-21-10-7-16(13-22(21)29)14-24(34)31-27-25(18-4-2-1-3-5-18)32-26-20-9-6-17(15-33)12-19(20)8-11-23(26)30-27;28-21-10-6-17(7-11-21)15-24(33)30-27-25(19-4-2-1-3-5-19)31-26-22-12-8-18(16-32)14-20(22)9-13-23(26)29-27;30-16-17-11-13-21-20(15-17)12-14-22-24(21)28-23(18-7-3-1-4-8-18)25(27-22)29-26(31)19-9-5-2-6-10-19/h1-6,8,10,36H,7,9,11-12H2,(H,33,34,37);1-7,9-10,12-13,33H,8,11,14-15H2,(H,30,31,34);1-8,10-12,14,32H,9,13,15-16H2,(H,29,30,33);1-11,13,15,30H,12,14,16H2,(H,27,29,31). The Morgan fingerprint density at radius 1 is 0.274 bits per heavy atom. The van der Waals surface area contributed by atoms with Crippen molar-refractivity contribution in [2.45, 2.75) is 97.1 Å². The van der Waals surface area contributed by atoms with Crippen molar-refractivity contribution in [3.05, 3.63) is 401 Å². The number of halogens is 8. The van der Waals surface area contributed by atoms with Crippen LogP contribution in [0.3, 0.4) is 0 Å². The number of nitrogens with zero attached hydrogens (tertiary/aromatic N) is 8. The molecule has 28 heteroatoms. The quantitative estimate of drug-likeness (QED) is 0.0161. The number of aromatic nitrogens is 8. The Labute approximate surface area is 783 Å². The molecule has 0 saturated carbocycles. The van der Waals surface area contributed by atoms with E-state index in [1.807, 2.05) is 200 Å². The lowest BCUT2D eigenvalue weighted by atomic mass is 9.90. The summed E-state index contributed by atoms with van der Waals surface area (Å²) in [7, 11) is 0. The van der Waals surface area contributed by atoms with Gasteiger partial charge < -0.3 is 41.7 Å². The Bertz CT molecular complexity index is 7200. The molecule has 0 saturated heterocycles. The van der Waals surface area contributed by atoms with Crippen LogP contribution in [0, 0.1) is 44.3 Å². The van der Waals surface area contributed by atoms with Gasteiger partial charge in [-0.05, 0) is 166 Å². The molecule has 8 N–H and O–H groups in total. The average molecular weight is 1920 g/mol. The van der Waals surface area contributed by atoms with Crippen molar-refractivity contribution in [1.82, 2.24) is 39.9 Å². The van der Waals surface area contributed by atoms with Gasteiger partial charge in [-0.1, -0.05) is 231 Å². The summed E-state index contributed by atoms with van der Waals surface area (Å²) >= 11 is 2.25. The summed E-state index contributed by atoms with van der Waals surface area (Å²) < 4.78 is 96.7. The van der Waals surface area contributed by atoms with E-state index in [0.717, 1.165) is 171 Å². The van der Waals surface area contributed by atoms with Crippen LogP contribution in [0.2, 0.25) is 0 Å². The van der Waals surface area contributed by atoms with Gasteiger partial charge in [-0.15, -0.1) is 0 Å². The van der Waals surface area contributed by atoms with Crippen LogP contribution in [0.1, 0.15) is 94.3 Å². The predicted octanol–water partition coefficient (Wildman–Crippen LogP) is 20.0.